The molecule has 0 amide bonds. The minimum absolute atomic E-state index is 0.718. The van der Waals surface area contributed by atoms with Crippen molar-refractivity contribution < 1.29 is 4.74 Å². The number of aromatic nitrogens is 3. The molecule has 0 atom stereocenters. The number of fused-ring (bicyclic) bond motifs is 1. The van der Waals surface area contributed by atoms with E-state index in [4.69, 9.17) is 4.74 Å². The highest BCUT2D eigenvalue weighted by atomic mass is 16.5. The van der Waals surface area contributed by atoms with Crippen molar-refractivity contribution in [2.45, 2.75) is 26.3 Å². The minimum atomic E-state index is 0.718. The van der Waals surface area contributed by atoms with Crippen molar-refractivity contribution >= 4 is 0 Å². The maximum Gasteiger partial charge on any atom is 0.219 e. The zero-order valence-corrected chi connectivity index (χ0v) is 12.5. The predicted octanol–water partition coefficient (Wildman–Crippen LogP) is 1.79. The first-order valence-corrected chi connectivity index (χ1v) is 7.28. The van der Waals surface area contributed by atoms with E-state index >= 15 is 0 Å². The van der Waals surface area contributed by atoms with Gasteiger partial charge in [-0.15, -0.1) is 0 Å². The van der Waals surface area contributed by atoms with Gasteiger partial charge >= 0.3 is 0 Å². The first-order valence-electron chi connectivity index (χ1n) is 7.28. The molecule has 0 aromatic carbocycles. The number of aryl methyl sites for hydroxylation is 1. The van der Waals surface area contributed by atoms with E-state index in [1.54, 1.807) is 13.4 Å². The van der Waals surface area contributed by atoms with Gasteiger partial charge in [0.25, 0.3) is 0 Å². The molecule has 5 heteroatoms. The normalized spacial score (nSPS) is 15.3. The highest BCUT2D eigenvalue weighted by molar-refractivity contribution is 5.31. The molecule has 0 bridgehead atoms. The number of pyridine rings is 1. The predicted molar refractivity (Wildman–Crippen MR) is 80.2 cm³/mol. The van der Waals surface area contributed by atoms with Gasteiger partial charge in [-0.2, -0.15) is 0 Å². The fourth-order valence-corrected chi connectivity index (χ4v) is 2.79. The van der Waals surface area contributed by atoms with Crippen molar-refractivity contribution in [2.75, 3.05) is 20.2 Å². The van der Waals surface area contributed by atoms with E-state index in [2.05, 4.69) is 32.0 Å². The molecule has 0 unspecified atom stereocenters. The zero-order chi connectivity index (χ0) is 14.7. The Balaban J connectivity index is 1.73. The van der Waals surface area contributed by atoms with Crippen molar-refractivity contribution in [3.8, 4) is 5.88 Å². The number of hydrogen-bond donors (Lipinski definition) is 0. The largest absolute Gasteiger partial charge is 0.481 e. The molecule has 0 N–H and O–H groups in total. The monoisotopic (exact) mass is 284 g/mol. The van der Waals surface area contributed by atoms with E-state index in [9.17, 15) is 0 Å². The Kier molecular flexibility index (Phi) is 4.10. The maximum atomic E-state index is 5.36. The molecule has 0 saturated heterocycles. The summed E-state index contributed by atoms with van der Waals surface area (Å²) in [7, 11) is 1.67. The van der Waals surface area contributed by atoms with Crippen LogP contribution in [0.1, 0.15) is 22.6 Å². The Labute approximate surface area is 125 Å². The van der Waals surface area contributed by atoms with Gasteiger partial charge in [0.15, 0.2) is 0 Å². The number of rotatable bonds is 3. The average molecular weight is 284 g/mol. The second-order valence-corrected chi connectivity index (χ2v) is 5.35. The lowest BCUT2D eigenvalue weighted by molar-refractivity contribution is 0.275. The molecule has 3 rings (SSSR count). The summed E-state index contributed by atoms with van der Waals surface area (Å²) >= 11 is 0. The van der Waals surface area contributed by atoms with Gasteiger partial charge < -0.3 is 4.74 Å². The standard InChI is InChI=1S/C16H20N4O/c1-12-4-3-5-13(19-12)10-20-8-6-14-15(7-9-20)17-11-18-16(14)21-2/h3-5,11H,6-10H2,1-2H3. The first-order chi connectivity index (χ1) is 10.3. The van der Waals surface area contributed by atoms with E-state index in [1.807, 2.05) is 13.0 Å². The molecule has 110 valence electrons. The molecule has 0 saturated carbocycles. The lowest BCUT2D eigenvalue weighted by Crippen LogP contribution is -2.26. The number of methoxy groups -OCH3 is 1. The van der Waals surface area contributed by atoms with Gasteiger partial charge in [-0.25, -0.2) is 9.97 Å². The molecule has 0 aliphatic carbocycles. The lowest BCUT2D eigenvalue weighted by atomic mass is 10.1. The molecule has 2 aromatic heterocycles. The highest BCUT2D eigenvalue weighted by Crippen LogP contribution is 2.22. The molecule has 1 aliphatic rings. The number of hydrogen-bond acceptors (Lipinski definition) is 5. The van der Waals surface area contributed by atoms with Crippen LogP contribution in [0.25, 0.3) is 0 Å². The minimum Gasteiger partial charge on any atom is -0.481 e. The van der Waals surface area contributed by atoms with Crippen LogP contribution in [0.4, 0.5) is 0 Å². The Morgan fingerprint density at radius 1 is 1.19 bits per heavy atom. The molecule has 0 radical (unpaired) electrons. The molecular formula is C16H20N4O. The number of nitrogens with zero attached hydrogens (tertiary/aromatic N) is 4. The van der Waals surface area contributed by atoms with E-state index in [1.165, 1.54) is 0 Å². The molecule has 5 nitrogen and oxygen atoms in total. The fourth-order valence-electron chi connectivity index (χ4n) is 2.79. The van der Waals surface area contributed by atoms with Crippen LogP contribution in [-0.2, 0) is 19.4 Å². The third-order valence-electron chi connectivity index (χ3n) is 3.86. The van der Waals surface area contributed by atoms with Crippen LogP contribution in [0.2, 0.25) is 0 Å². The van der Waals surface area contributed by atoms with Crippen LogP contribution >= 0.6 is 0 Å². The van der Waals surface area contributed by atoms with Crippen molar-refractivity contribution in [3.63, 3.8) is 0 Å². The second-order valence-electron chi connectivity index (χ2n) is 5.35. The van der Waals surface area contributed by atoms with Crippen molar-refractivity contribution in [3.05, 3.63) is 47.2 Å². The van der Waals surface area contributed by atoms with Crippen molar-refractivity contribution in [1.82, 2.24) is 19.9 Å². The summed E-state index contributed by atoms with van der Waals surface area (Å²) in [5.41, 5.74) is 4.46. The van der Waals surface area contributed by atoms with Crippen LogP contribution in [0.5, 0.6) is 5.88 Å². The van der Waals surface area contributed by atoms with Gasteiger partial charge in [0, 0.05) is 37.3 Å². The highest BCUT2D eigenvalue weighted by Gasteiger charge is 2.19. The zero-order valence-electron chi connectivity index (χ0n) is 12.5. The smallest absolute Gasteiger partial charge is 0.219 e. The van der Waals surface area contributed by atoms with Gasteiger partial charge in [-0.05, 0) is 25.5 Å². The third kappa shape index (κ3) is 3.19. The Bertz CT molecular complexity index is 629. The summed E-state index contributed by atoms with van der Waals surface area (Å²) in [5.74, 6) is 0.718. The van der Waals surface area contributed by atoms with E-state index in [-0.39, 0.29) is 0 Å². The summed E-state index contributed by atoms with van der Waals surface area (Å²) in [6.45, 7) is 4.88. The average Bonchev–Trinajstić information content (AvgIpc) is 2.70. The van der Waals surface area contributed by atoms with Crippen molar-refractivity contribution in [1.29, 1.82) is 0 Å². The van der Waals surface area contributed by atoms with Crippen LogP contribution < -0.4 is 4.74 Å². The van der Waals surface area contributed by atoms with Gasteiger partial charge in [-0.3, -0.25) is 9.88 Å². The second kappa shape index (κ2) is 6.18. The summed E-state index contributed by atoms with van der Waals surface area (Å²) < 4.78 is 5.36. The summed E-state index contributed by atoms with van der Waals surface area (Å²) in [6.07, 6.45) is 3.45. The maximum absolute atomic E-state index is 5.36. The molecule has 0 fully saturated rings. The first kappa shape index (κ1) is 13.9. The molecular weight excluding hydrogens is 264 g/mol. The van der Waals surface area contributed by atoms with Crippen LogP contribution in [0.15, 0.2) is 24.5 Å². The Morgan fingerprint density at radius 3 is 2.86 bits per heavy atom. The van der Waals surface area contributed by atoms with Gasteiger partial charge in [0.1, 0.15) is 6.33 Å². The molecule has 1 aliphatic heterocycles. The third-order valence-corrected chi connectivity index (χ3v) is 3.86. The quantitative estimate of drug-likeness (QED) is 0.860. The Hall–Kier alpha value is -2.01. The van der Waals surface area contributed by atoms with Crippen molar-refractivity contribution in [2.24, 2.45) is 0 Å². The molecule has 0 spiro atoms. The van der Waals surface area contributed by atoms with E-state index < -0.39 is 0 Å². The van der Waals surface area contributed by atoms with E-state index in [0.29, 0.717) is 0 Å². The molecule has 3 heterocycles. The number of ether oxygens (including phenoxy) is 1. The molecule has 21 heavy (non-hydrogen) atoms. The van der Waals surface area contributed by atoms with Gasteiger partial charge in [0.05, 0.1) is 18.5 Å². The topological polar surface area (TPSA) is 51.1 Å². The Morgan fingerprint density at radius 2 is 2.05 bits per heavy atom. The summed E-state index contributed by atoms with van der Waals surface area (Å²) in [5, 5.41) is 0. The lowest BCUT2D eigenvalue weighted by Gasteiger charge is -2.19. The van der Waals surface area contributed by atoms with E-state index in [0.717, 1.165) is 61.0 Å². The SMILES string of the molecule is COc1ncnc2c1CCN(Cc1cccc(C)n1)CC2. The van der Waals surface area contributed by atoms with Gasteiger partial charge in [0.2, 0.25) is 5.88 Å². The van der Waals surface area contributed by atoms with Crippen LogP contribution in [-0.4, -0.2) is 40.1 Å². The van der Waals surface area contributed by atoms with Crippen LogP contribution in [0.3, 0.4) is 0 Å². The summed E-state index contributed by atoms with van der Waals surface area (Å²) in [4.78, 5) is 15.6. The fraction of sp³-hybridized carbons (Fsp3) is 0.438. The van der Waals surface area contributed by atoms with Gasteiger partial charge in [-0.1, -0.05) is 6.07 Å². The van der Waals surface area contributed by atoms with Crippen LogP contribution in [0, 0.1) is 6.92 Å². The molecule has 2 aromatic rings. The summed E-state index contributed by atoms with van der Waals surface area (Å²) in [6, 6.07) is 6.19.